The standard InChI is InChI=1S/C12H14N2O.H4N2O2S/c1-8-5-9(8)7-15-12-4-2-3-11(14)10(12)6-13;1-5(2,3)4/h2-4,8-9H,5,7,14H2,1H3;(H4,1,2,3,4). The summed E-state index contributed by atoms with van der Waals surface area (Å²) in [7, 11) is -3.67. The average molecular weight is 298 g/mol. The van der Waals surface area contributed by atoms with Crippen LogP contribution in [0.3, 0.4) is 0 Å². The Morgan fingerprint density at radius 1 is 1.45 bits per heavy atom. The molecule has 0 amide bonds. The van der Waals surface area contributed by atoms with Gasteiger partial charge in [0.15, 0.2) is 0 Å². The van der Waals surface area contributed by atoms with Crippen molar-refractivity contribution < 1.29 is 13.2 Å². The van der Waals surface area contributed by atoms with Crippen molar-refractivity contribution in [1.82, 2.24) is 0 Å². The highest BCUT2D eigenvalue weighted by Crippen LogP contribution is 2.38. The topological polar surface area (TPSA) is 145 Å². The highest BCUT2D eigenvalue weighted by molar-refractivity contribution is 7.86. The lowest BCUT2D eigenvalue weighted by atomic mass is 10.2. The van der Waals surface area contributed by atoms with Gasteiger partial charge >= 0.3 is 0 Å². The molecule has 20 heavy (non-hydrogen) atoms. The zero-order valence-electron chi connectivity index (χ0n) is 11.1. The molecule has 1 fully saturated rings. The number of rotatable bonds is 3. The van der Waals surface area contributed by atoms with Crippen molar-refractivity contribution in [3.8, 4) is 11.8 Å². The monoisotopic (exact) mass is 298 g/mol. The molecule has 0 heterocycles. The summed E-state index contributed by atoms with van der Waals surface area (Å²) in [6, 6.07) is 7.38. The molecule has 1 aromatic rings. The number of nitrogens with two attached hydrogens (primary N) is 3. The number of ether oxygens (including phenoxy) is 1. The van der Waals surface area contributed by atoms with Crippen LogP contribution in [0.5, 0.6) is 5.75 Å². The van der Waals surface area contributed by atoms with E-state index in [9.17, 15) is 8.42 Å². The molecule has 1 saturated carbocycles. The second kappa shape index (κ2) is 6.56. The Balaban J connectivity index is 0.000000347. The highest BCUT2D eigenvalue weighted by Gasteiger charge is 2.33. The highest BCUT2D eigenvalue weighted by atomic mass is 32.2. The fourth-order valence-corrected chi connectivity index (χ4v) is 1.62. The molecular formula is C12H18N4O3S. The normalized spacial score (nSPS) is 20.3. The largest absolute Gasteiger partial charge is 0.492 e. The van der Waals surface area contributed by atoms with E-state index in [1.807, 2.05) is 6.07 Å². The fourth-order valence-electron chi connectivity index (χ4n) is 1.62. The molecule has 2 rings (SSSR count). The lowest BCUT2D eigenvalue weighted by Gasteiger charge is -2.08. The van der Waals surface area contributed by atoms with Gasteiger partial charge in [0, 0.05) is 0 Å². The van der Waals surface area contributed by atoms with Gasteiger partial charge in [-0.3, -0.25) is 0 Å². The van der Waals surface area contributed by atoms with Crippen molar-refractivity contribution in [1.29, 1.82) is 5.26 Å². The predicted octanol–water partition coefficient (Wildman–Crippen LogP) is 0.324. The van der Waals surface area contributed by atoms with Gasteiger partial charge in [-0.2, -0.15) is 13.7 Å². The molecule has 0 radical (unpaired) electrons. The summed E-state index contributed by atoms with van der Waals surface area (Å²) in [5.41, 5.74) is 6.61. The third-order valence-electron chi connectivity index (χ3n) is 2.90. The first-order valence-electron chi connectivity index (χ1n) is 5.94. The van der Waals surface area contributed by atoms with E-state index >= 15 is 0 Å². The molecular weight excluding hydrogens is 280 g/mol. The van der Waals surface area contributed by atoms with Gasteiger partial charge in [0.25, 0.3) is 10.2 Å². The van der Waals surface area contributed by atoms with Crippen LogP contribution in [0.1, 0.15) is 18.9 Å². The molecule has 1 aliphatic rings. The Morgan fingerprint density at radius 2 is 2.00 bits per heavy atom. The zero-order valence-corrected chi connectivity index (χ0v) is 11.9. The van der Waals surface area contributed by atoms with Crippen LogP contribution in [0.2, 0.25) is 0 Å². The third kappa shape index (κ3) is 5.88. The first kappa shape index (κ1) is 16.2. The van der Waals surface area contributed by atoms with Crippen LogP contribution in [0.15, 0.2) is 18.2 Å². The Kier molecular flexibility index (Phi) is 5.33. The summed E-state index contributed by atoms with van der Waals surface area (Å²) >= 11 is 0. The van der Waals surface area contributed by atoms with Gasteiger partial charge in [-0.05, 0) is 30.4 Å². The molecule has 2 unspecified atom stereocenters. The van der Waals surface area contributed by atoms with E-state index in [4.69, 9.17) is 15.7 Å². The molecule has 0 spiro atoms. The van der Waals surface area contributed by atoms with Gasteiger partial charge in [0.2, 0.25) is 0 Å². The lowest BCUT2D eigenvalue weighted by molar-refractivity contribution is 0.293. The summed E-state index contributed by atoms with van der Waals surface area (Å²) in [6.45, 7) is 2.90. The first-order valence-corrected chi connectivity index (χ1v) is 7.55. The van der Waals surface area contributed by atoms with Gasteiger partial charge in [0.05, 0.1) is 12.3 Å². The van der Waals surface area contributed by atoms with Crippen molar-refractivity contribution in [3.05, 3.63) is 23.8 Å². The summed E-state index contributed by atoms with van der Waals surface area (Å²) in [5, 5.41) is 17.1. The minimum absolute atomic E-state index is 0.450. The van der Waals surface area contributed by atoms with Gasteiger partial charge in [-0.25, -0.2) is 10.3 Å². The van der Waals surface area contributed by atoms with E-state index in [-0.39, 0.29) is 0 Å². The van der Waals surface area contributed by atoms with Crippen molar-refractivity contribution in [2.75, 3.05) is 12.3 Å². The second-order valence-corrected chi connectivity index (χ2v) is 5.88. The van der Waals surface area contributed by atoms with Crippen LogP contribution < -0.4 is 20.7 Å². The molecule has 1 aliphatic carbocycles. The van der Waals surface area contributed by atoms with Gasteiger partial charge < -0.3 is 10.5 Å². The molecule has 7 nitrogen and oxygen atoms in total. The van der Waals surface area contributed by atoms with Crippen LogP contribution in [0.25, 0.3) is 0 Å². The average Bonchev–Trinajstić information content (AvgIpc) is 3.00. The van der Waals surface area contributed by atoms with E-state index in [1.54, 1.807) is 12.1 Å². The molecule has 0 aliphatic heterocycles. The molecule has 0 saturated heterocycles. The third-order valence-corrected chi connectivity index (χ3v) is 2.90. The number of nitrogen functional groups attached to an aromatic ring is 1. The van der Waals surface area contributed by atoms with Crippen LogP contribution >= 0.6 is 0 Å². The maximum Gasteiger partial charge on any atom is 0.271 e. The second-order valence-electron chi connectivity index (χ2n) is 4.71. The van der Waals surface area contributed by atoms with Crippen molar-refractivity contribution in [2.45, 2.75) is 13.3 Å². The summed E-state index contributed by atoms with van der Waals surface area (Å²) in [5.74, 6) is 2.02. The van der Waals surface area contributed by atoms with E-state index in [0.29, 0.717) is 29.5 Å². The summed E-state index contributed by atoms with van der Waals surface area (Å²) in [6.07, 6.45) is 1.23. The first-order chi connectivity index (χ1) is 9.22. The molecule has 1 aromatic carbocycles. The number of anilines is 1. The van der Waals surface area contributed by atoms with Crippen molar-refractivity contribution in [3.63, 3.8) is 0 Å². The van der Waals surface area contributed by atoms with Crippen LogP contribution in [0.4, 0.5) is 5.69 Å². The quantitative estimate of drug-likeness (QED) is 0.688. The Hall–Kier alpha value is -1.82. The number of hydrogen-bond donors (Lipinski definition) is 3. The zero-order chi connectivity index (χ0) is 15.3. The van der Waals surface area contributed by atoms with Crippen LogP contribution in [0, 0.1) is 23.2 Å². The maximum absolute atomic E-state index is 9.19. The summed E-state index contributed by atoms with van der Waals surface area (Å²) < 4.78 is 24.0. The molecule has 110 valence electrons. The predicted molar refractivity (Wildman–Crippen MR) is 75.6 cm³/mol. The number of nitriles is 1. The molecule has 0 bridgehead atoms. The van der Waals surface area contributed by atoms with Crippen LogP contribution in [-0.4, -0.2) is 15.0 Å². The lowest BCUT2D eigenvalue weighted by Crippen LogP contribution is -2.21. The smallest absolute Gasteiger partial charge is 0.271 e. The Morgan fingerprint density at radius 3 is 2.45 bits per heavy atom. The van der Waals surface area contributed by atoms with E-state index in [1.165, 1.54) is 6.42 Å². The molecule has 0 aromatic heterocycles. The van der Waals surface area contributed by atoms with E-state index in [2.05, 4.69) is 23.3 Å². The SMILES string of the molecule is CC1CC1COc1cccc(N)c1C#N.NS(N)(=O)=O. The van der Waals surface area contributed by atoms with Crippen molar-refractivity contribution in [2.24, 2.45) is 22.1 Å². The van der Waals surface area contributed by atoms with E-state index in [0.717, 1.165) is 5.92 Å². The fraction of sp³-hybridized carbons (Fsp3) is 0.417. The van der Waals surface area contributed by atoms with Crippen molar-refractivity contribution >= 4 is 15.9 Å². The Bertz CT molecular complexity index is 602. The summed E-state index contributed by atoms with van der Waals surface area (Å²) in [4.78, 5) is 0. The number of nitrogens with zero attached hydrogens (tertiary/aromatic N) is 1. The number of hydrogen-bond acceptors (Lipinski definition) is 5. The molecule has 8 heteroatoms. The minimum atomic E-state index is -3.67. The van der Waals surface area contributed by atoms with Gasteiger partial charge in [-0.15, -0.1) is 0 Å². The van der Waals surface area contributed by atoms with Crippen LogP contribution in [-0.2, 0) is 10.2 Å². The van der Waals surface area contributed by atoms with E-state index < -0.39 is 10.2 Å². The maximum atomic E-state index is 9.19. The van der Waals surface area contributed by atoms with Gasteiger partial charge in [-0.1, -0.05) is 13.0 Å². The minimum Gasteiger partial charge on any atom is -0.492 e. The molecule has 2 atom stereocenters. The number of benzene rings is 1. The molecule has 6 N–H and O–H groups in total. The van der Waals surface area contributed by atoms with Gasteiger partial charge in [0.1, 0.15) is 17.4 Å². The Labute approximate surface area is 118 Å².